The second kappa shape index (κ2) is 11.0. The van der Waals surface area contributed by atoms with E-state index in [-0.39, 0.29) is 12.0 Å². The fraction of sp³-hybridized carbons (Fsp3) is 0.667. The predicted molar refractivity (Wildman–Crippen MR) is 123 cm³/mol. The molecule has 1 amide bonds. The van der Waals surface area contributed by atoms with Gasteiger partial charge in [-0.05, 0) is 49.7 Å². The minimum Gasteiger partial charge on any atom is -0.373 e. The standard InChI is InChI=1S/C24H37N5O2/c1-25-24(29-15-13-28(14-16-29)18-23(30)27-20-10-11-20)26-12-5-17-31-22-9-4-7-19-6-2-3-8-21(19)22/h2-3,6,8,20,22H,4-5,7,9-18H2,1H3,(H,25,26)(H,27,30). The molecule has 0 spiro atoms. The third-order valence-electron chi connectivity index (χ3n) is 6.43. The number of piperazine rings is 1. The van der Waals surface area contributed by atoms with E-state index < -0.39 is 0 Å². The van der Waals surface area contributed by atoms with Crippen LogP contribution in [-0.4, -0.2) is 80.6 Å². The van der Waals surface area contributed by atoms with Crippen LogP contribution < -0.4 is 10.6 Å². The average Bonchev–Trinajstić information content (AvgIpc) is 3.61. The third kappa shape index (κ3) is 6.43. The van der Waals surface area contributed by atoms with Gasteiger partial charge in [0.1, 0.15) is 0 Å². The van der Waals surface area contributed by atoms with Crippen molar-refractivity contribution in [2.24, 2.45) is 4.99 Å². The Kier molecular flexibility index (Phi) is 7.81. The highest BCUT2D eigenvalue weighted by atomic mass is 16.5. The number of nitrogens with one attached hydrogen (secondary N) is 2. The minimum absolute atomic E-state index is 0.166. The van der Waals surface area contributed by atoms with Crippen molar-refractivity contribution >= 4 is 11.9 Å². The molecule has 1 aromatic carbocycles. The van der Waals surface area contributed by atoms with E-state index in [1.165, 1.54) is 24.0 Å². The van der Waals surface area contributed by atoms with Gasteiger partial charge in [-0.3, -0.25) is 14.7 Å². The summed E-state index contributed by atoms with van der Waals surface area (Å²) in [6, 6.07) is 9.13. The topological polar surface area (TPSA) is 69.2 Å². The van der Waals surface area contributed by atoms with Crippen LogP contribution in [0.15, 0.2) is 29.3 Å². The summed E-state index contributed by atoms with van der Waals surface area (Å²) in [5.41, 5.74) is 2.82. The number of carbonyl (C=O) groups excluding carboxylic acids is 1. The Morgan fingerprint density at radius 2 is 1.97 bits per heavy atom. The van der Waals surface area contributed by atoms with Crippen LogP contribution in [0.25, 0.3) is 0 Å². The molecule has 1 atom stereocenters. The van der Waals surface area contributed by atoms with Crippen molar-refractivity contribution in [3.63, 3.8) is 0 Å². The zero-order valence-electron chi connectivity index (χ0n) is 18.8. The van der Waals surface area contributed by atoms with Crippen molar-refractivity contribution in [1.29, 1.82) is 0 Å². The zero-order chi connectivity index (χ0) is 21.5. The maximum Gasteiger partial charge on any atom is 0.234 e. The van der Waals surface area contributed by atoms with Crippen LogP contribution in [-0.2, 0) is 16.0 Å². The Hall–Kier alpha value is -2.12. The Morgan fingerprint density at radius 1 is 1.16 bits per heavy atom. The number of hydrogen-bond acceptors (Lipinski definition) is 4. The van der Waals surface area contributed by atoms with Gasteiger partial charge >= 0.3 is 0 Å². The summed E-state index contributed by atoms with van der Waals surface area (Å²) in [7, 11) is 1.84. The van der Waals surface area contributed by atoms with Crippen LogP contribution in [0.2, 0.25) is 0 Å². The van der Waals surface area contributed by atoms with Crippen LogP contribution in [0.4, 0.5) is 0 Å². The average molecular weight is 428 g/mol. The van der Waals surface area contributed by atoms with Crippen LogP contribution in [0, 0.1) is 0 Å². The molecule has 7 nitrogen and oxygen atoms in total. The first kappa shape index (κ1) is 22.1. The fourth-order valence-corrected chi connectivity index (χ4v) is 4.53. The van der Waals surface area contributed by atoms with Crippen LogP contribution in [0.5, 0.6) is 0 Å². The van der Waals surface area contributed by atoms with Crippen LogP contribution >= 0.6 is 0 Å². The molecule has 0 bridgehead atoms. The van der Waals surface area contributed by atoms with Crippen molar-refractivity contribution in [1.82, 2.24) is 20.4 Å². The molecular formula is C24H37N5O2. The summed E-state index contributed by atoms with van der Waals surface area (Å²) in [6.45, 7) is 5.69. The quantitative estimate of drug-likeness (QED) is 0.377. The molecule has 31 heavy (non-hydrogen) atoms. The highest BCUT2D eigenvalue weighted by Gasteiger charge is 2.26. The Morgan fingerprint density at radius 3 is 2.74 bits per heavy atom. The number of guanidine groups is 1. The number of ether oxygens (including phenoxy) is 1. The summed E-state index contributed by atoms with van der Waals surface area (Å²) < 4.78 is 6.22. The van der Waals surface area contributed by atoms with Gasteiger partial charge in [0, 0.05) is 52.4 Å². The number of hydrogen-bond donors (Lipinski definition) is 2. The summed E-state index contributed by atoms with van der Waals surface area (Å²) in [5.74, 6) is 1.11. The molecule has 1 aliphatic heterocycles. The van der Waals surface area contributed by atoms with Gasteiger partial charge in [-0.25, -0.2) is 0 Å². The summed E-state index contributed by atoms with van der Waals surface area (Å²) in [4.78, 5) is 21.0. The maximum absolute atomic E-state index is 12.0. The van der Waals surface area contributed by atoms with E-state index in [1.54, 1.807) is 0 Å². The predicted octanol–water partition coefficient (Wildman–Crippen LogP) is 1.94. The molecule has 2 aliphatic carbocycles. The monoisotopic (exact) mass is 427 g/mol. The molecule has 1 unspecified atom stereocenters. The Balaban J connectivity index is 1.12. The molecule has 4 rings (SSSR count). The molecular weight excluding hydrogens is 390 g/mol. The molecule has 1 heterocycles. The molecule has 170 valence electrons. The molecule has 3 aliphatic rings. The number of fused-ring (bicyclic) bond motifs is 1. The van der Waals surface area contributed by atoms with Crippen molar-refractivity contribution in [3.8, 4) is 0 Å². The van der Waals surface area contributed by atoms with E-state index in [1.807, 2.05) is 7.05 Å². The van der Waals surface area contributed by atoms with Gasteiger partial charge in [0.15, 0.2) is 5.96 Å². The van der Waals surface area contributed by atoms with E-state index in [9.17, 15) is 4.79 Å². The van der Waals surface area contributed by atoms with E-state index in [0.29, 0.717) is 12.6 Å². The number of rotatable bonds is 8. The second-order valence-corrected chi connectivity index (χ2v) is 8.88. The van der Waals surface area contributed by atoms with Crippen molar-refractivity contribution < 1.29 is 9.53 Å². The van der Waals surface area contributed by atoms with Gasteiger partial charge in [0.05, 0.1) is 12.6 Å². The third-order valence-corrected chi connectivity index (χ3v) is 6.43. The Labute approximate surface area is 186 Å². The number of aryl methyl sites for hydroxylation is 1. The van der Waals surface area contributed by atoms with E-state index in [0.717, 1.165) is 71.0 Å². The highest BCUT2D eigenvalue weighted by Crippen LogP contribution is 2.32. The van der Waals surface area contributed by atoms with E-state index in [2.05, 4.69) is 49.7 Å². The molecule has 0 radical (unpaired) electrons. The first-order valence-corrected chi connectivity index (χ1v) is 11.9. The van der Waals surface area contributed by atoms with Crippen LogP contribution in [0.3, 0.4) is 0 Å². The number of nitrogens with zero attached hydrogens (tertiary/aromatic N) is 3. The number of benzene rings is 1. The zero-order valence-corrected chi connectivity index (χ0v) is 18.8. The molecule has 2 fully saturated rings. The SMILES string of the molecule is CN=C(NCCCOC1CCCc2ccccc21)N1CCN(CC(=O)NC2CC2)CC1. The van der Waals surface area contributed by atoms with Gasteiger partial charge < -0.3 is 20.3 Å². The van der Waals surface area contributed by atoms with E-state index >= 15 is 0 Å². The number of aliphatic imine (C=N–C) groups is 1. The van der Waals surface area contributed by atoms with E-state index in [4.69, 9.17) is 4.74 Å². The fourth-order valence-electron chi connectivity index (χ4n) is 4.53. The largest absolute Gasteiger partial charge is 0.373 e. The lowest BCUT2D eigenvalue weighted by molar-refractivity contribution is -0.122. The van der Waals surface area contributed by atoms with Crippen molar-refractivity contribution in [2.45, 2.75) is 50.7 Å². The Bertz CT molecular complexity index is 756. The highest BCUT2D eigenvalue weighted by molar-refractivity contribution is 5.80. The molecule has 2 N–H and O–H groups in total. The first-order chi connectivity index (χ1) is 15.2. The van der Waals surface area contributed by atoms with Crippen molar-refractivity contribution in [2.75, 3.05) is 52.9 Å². The van der Waals surface area contributed by atoms with Gasteiger partial charge in [-0.15, -0.1) is 0 Å². The van der Waals surface area contributed by atoms with Gasteiger partial charge in [-0.2, -0.15) is 0 Å². The lowest BCUT2D eigenvalue weighted by Gasteiger charge is -2.36. The summed E-state index contributed by atoms with van der Waals surface area (Å²) in [6.07, 6.45) is 6.98. The van der Waals surface area contributed by atoms with Crippen LogP contribution in [0.1, 0.15) is 49.3 Å². The lowest BCUT2D eigenvalue weighted by atomic mass is 9.89. The smallest absolute Gasteiger partial charge is 0.234 e. The second-order valence-electron chi connectivity index (χ2n) is 8.88. The van der Waals surface area contributed by atoms with Gasteiger partial charge in [0.25, 0.3) is 0 Å². The number of carbonyl (C=O) groups is 1. The molecule has 0 aromatic heterocycles. The molecule has 7 heteroatoms. The molecule has 1 aromatic rings. The molecule has 1 saturated heterocycles. The number of amides is 1. The minimum atomic E-state index is 0.166. The van der Waals surface area contributed by atoms with Gasteiger partial charge in [0.2, 0.25) is 5.91 Å². The van der Waals surface area contributed by atoms with Gasteiger partial charge in [-0.1, -0.05) is 24.3 Å². The normalized spacial score (nSPS) is 22.2. The maximum atomic E-state index is 12.0. The summed E-state index contributed by atoms with van der Waals surface area (Å²) >= 11 is 0. The lowest BCUT2D eigenvalue weighted by Crippen LogP contribution is -2.54. The molecule has 1 saturated carbocycles. The summed E-state index contributed by atoms with van der Waals surface area (Å²) in [5, 5.41) is 6.56. The first-order valence-electron chi connectivity index (χ1n) is 11.9. The van der Waals surface area contributed by atoms with Crippen molar-refractivity contribution in [3.05, 3.63) is 35.4 Å².